The molecule has 130 valence electrons. The van der Waals surface area contributed by atoms with Crippen molar-refractivity contribution in [2.75, 3.05) is 31.5 Å². The number of anilines is 2. The van der Waals surface area contributed by atoms with E-state index >= 15 is 0 Å². The monoisotopic (exact) mass is 339 g/mol. The molecule has 0 radical (unpaired) electrons. The maximum Gasteiger partial charge on any atom is 0.272 e. The normalized spacial score (nSPS) is 14.3. The second-order valence-corrected chi connectivity index (χ2v) is 5.90. The Hall–Kier alpha value is -2.96. The summed E-state index contributed by atoms with van der Waals surface area (Å²) in [7, 11) is 0. The van der Waals surface area contributed by atoms with E-state index in [1.54, 1.807) is 15.9 Å². The van der Waals surface area contributed by atoms with Gasteiger partial charge in [-0.05, 0) is 24.1 Å². The van der Waals surface area contributed by atoms with Crippen molar-refractivity contribution in [3.8, 4) is 0 Å². The number of rotatable bonds is 5. The molecule has 0 bridgehead atoms. The van der Waals surface area contributed by atoms with Crippen molar-refractivity contribution in [3.63, 3.8) is 0 Å². The first-order valence-corrected chi connectivity index (χ1v) is 8.36. The van der Waals surface area contributed by atoms with Gasteiger partial charge in [0, 0.05) is 37.9 Å². The molecule has 1 aliphatic rings. The summed E-state index contributed by atoms with van der Waals surface area (Å²) in [6.07, 6.45) is 3.19. The number of benzene rings is 1. The van der Waals surface area contributed by atoms with E-state index in [-0.39, 0.29) is 5.91 Å². The van der Waals surface area contributed by atoms with E-state index in [2.05, 4.69) is 34.3 Å². The van der Waals surface area contributed by atoms with Crippen LogP contribution in [-0.4, -0.2) is 58.3 Å². The Morgan fingerprint density at radius 3 is 2.52 bits per heavy atom. The summed E-state index contributed by atoms with van der Waals surface area (Å²) in [6, 6.07) is 9.74. The van der Waals surface area contributed by atoms with E-state index in [1.807, 2.05) is 12.1 Å². The second kappa shape index (κ2) is 7.74. The van der Waals surface area contributed by atoms with Crippen molar-refractivity contribution in [2.45, 2.75) is 13.3 Å². The average molecular weight is 339 g/mol. The highest BCUT2D eigenvalue weighted by atomic mass is 16.2. The maximum atomic E-state index is 12.6. The number of hydrogen-bond acceptors (Lipinski definition) is 5. The van der Waals surface area contributed by atoms with E-state index in [4.69, 9.17) is 0 Å². The summed E-state index contributed by atoms with van der Waals surface area (Å²) in [4.78, 5) is 35.0. The molecular formula is C18H21N5O2. The number of piperazine rings is 1. The number of nitrogens with one attached hydrogen (secondary N) is 1. The standard InChI is InChI=1S/C18H21N5O2/c1-2-14-3-5-15(6-4-14)21-17-11-16(19-12-20-17)18(25)23-9-7-22(13-24)8-10-23/h3-6,11-13H,2,7-10H2,1H3,(H,19,20,21). The Bertz CT molecular complexity index is 739. The van der Waals surface area contributed by atoms with Gasteiger partial charge in [-0.25, -0.2) is 9.97 Å². The molecule has 3 rings (SSSR count). The zero-order valence-electron chi connectivity index (χ0n) is 14.2. The van der Waals surface area contributed by atoms with Gasteiger partial charge in [0.05, 0.1) is 0 Å². The van der Waals surface area contributed by atoms with Gasteiger partial charge in [0.2, 0.25) is 6.41 Å². The van der Waals surface area contributed by atoms with E-state index < -0.39 is 0 Å². The van der Waals surface area contributed by atoms with Gasteiger partial charge in [-0.1, -0.05) is 19.1 Å². The molecule has 0 spiro atoms. The van der Waals surface area contributed by atoms with Crippen molar-refractivity contribution in [3.05, 3.63) is 47.9 Å². The molecule has 1 aromatic carbocycles. The number of carbonyl (C=O) groups is 2. The number of nitrogens with zero attached hydrogens (tertiary/aromatic N) is 4. The molecule has 0 unspecified atom stereocenters. The fraction of sp³-hybridized carbons (Fsp3) is 0.333. The fourth-order valence-electron chi connectivity index (χ4n) is 2.71. The zero-order chi connectivity index (χ0) is 17.6. The number of carbonyl (C=O) groups excluding carboxylic acids is 2. The lowest BCUT2D eigenvalue weighted by atomic mass is 10.1. The minimum atomic E-state index is -0.141. The quantitative estimate of drug-likeness (QED) is 0.839. The largest absolute Gasteiger partial charge is 0.342 e. The molecule has 1 aliphatic heterocycles. The van der Waals surface area contributed by atoms with Crippen molar-refractivity contribution < 1.29 is 9.59 Å². The summed E-state index contributed by atoms with van der Waals surface area (Å²) in [5.41, 5.74) is 2.52. The lowest BCUT2D eigenvalue weighted by Gasteiger charge is -2.32. The SMILES string of the molecule is CCc1ccc(Nc2cc(C(=O)N3CCN(C=O)CC3)ncn2)cc1. The molecule has 1 fully saturated rings. The van der Waals surface area contributed by atoms with Gasteiger partial charge in [0.25, 0.3) is 5.91 Å². The molecule has 2 heterocycles. The molecule has 0 aliphatic carbocycles. The van der Waals surface area contributed by atoms with Crippen LogP contribution in [0.3, 0.4) is 0 Å². The lowest BCUT2D eigenvalue weighted by molar-refractivity contribution is -0.119. The highest BCUT2D eigenvalue weighted by Crippen LogP contribution is 2.16. The van der Waals surface area contributed by atoms with Crippen LogP contribution < -0.4 is 5.32 Å². The van der Waals surface area contributed by atoms with Crippen LogP contribution in [0.1, 0.15) is 23.0 Å². The summed E-state index contributed by atoms with van der Waals surface area (Å²) in [6.45, 7) is 4.25. The third-order valence-corrected chi connectivity index (χ3v) is 4.27. The van der Waals surface area contributed by atoms with Crippen LogP contribution >= 0.6 is 0 Å². The molecule has 25 heavy (non-hydrogen) atoms. The summed E-state index contributed by atoms with van der Waals surface area (Å²) >= 11 is 0. The van der Waals surface area contributed by atoms with Gasteiger partial charge in [0.1, 0.15) is 17.8 Å². The molecular weight excluding hydrogens is 318 g/mol. The van der Waals surface area contributed by atoms with Crippen LogP contribution in [0.15, 0.2) is 36.7 Å². The Balaban J connectivity index is 1.68. The number of aryl methyl sites for hydroxylation is 1. The summed E-state index contributed by atoms with van der Waals surface area (Å²) in [5, 5.41) is 3.19. The first kappa shape index (κ1) is 16.9. The third kappa shape index (κ3) is 4.12. The molecule has 0 saturated carbocycles. The Labute approximate surface area is 146 Å². The van der Waals surface area contributed by atoms with Crippen LogP contribution in [-0.2, 0) is 11.2 Å². The predicted molar refractivity (Wildman–Crippen MR) is 94.7 cm³/mol. The molecule has 7 nitrogen and oxygen atoms in total. The van der Waals surface area contributed by atoms with E-state index in [9.17, 15) is 9.59 Å². The van der Waals surface area contributed by atoms with Crippen molar-refractivity contribution in [2.24, 2.45) is 0 Å². The van der Waals surface area contributed by atoms with Crippen LogP contribution in [0.25, 0.3) is 0 Å². The molecule has 0 atom stereocenters. The third-order valence-electron chi connectivity index (χ3n) is 4.27. The van der Waals surface area contributed by atoms with Crippen LogP contribution in [0.5, 0.6) is 0 Å². The lowest BCUT2D eigenvalue weighted by Crippen LogP contribution is -2.48. The fourth-order valence-corrected chi connectivity index (χ4v) is 2.71. The van der Waals surface area contributed by atoms with Gasteiger partial charge in [-0.15, -0.1) is 0 Å². The van der Waals surface area contributed by atoms with Gasteiger partial charge >= 0.3 is 0 Å². The first-order chi connectivity index (χ1) is 12.2. The van der Waals surface area contributed by atoms with Gasteiger partial charge in [0.15, 0.2) is 0 Å². The topological polar surface area (TPSA) is 78.4 Å². The summed E-state index contributed by atoms with van der Waals surface area (Å²) < 4.78 is 0. The molecule has 2 amide bonds. The average Bonchev–Trinajstić information content (AvgIpc) is 2.68. The van der Waals surface area contributed by atoms with Crippen molar-refractivity contribution >= 4 is 23.8 Å². The molecule has 1 N–H and O–H groups in total. The summed E-state index contributed by atoms with van der Waals surface area (Å²) in [5.74, 6) is 0.437. The molecule has 2 aromatic rings. The minimum Gasteiger partial charge on any atom is -0.342 e. The van der Waals surface area contributed by atoms with E-state index in [0.717, 1.165) is 18.5 Å². The smallest absolute Gasteiger partial charge is 0.272 e. The molecule has 1 aromatic heterocycles. The van der Waals surface area contributed by atoms with Crippen LogP contribution in [0.2, 0.25) is 0 Å². The van der Waals surface area contributed by atoms with E-state index in [0.29, 0.717) is 37.7 Å². The van der Waals surface area contributed by atoms with Gasteiger partial charge in [-0.3, -0.25) is 9.59 Å². The predicted octanol–water partition coefficient (Wildman–Crippen LogP) is 1.70. The van der Waals surface area contributed by atoms with E-state index in [1.165, 1.54) is 11.9 Å². The number of amides is 2. The zero-order valence-corrected chi connectivity index (χ0v) is 14.2. The first-order valence-electron chi connectivity index (χ1n) is 8.36. The van der Waals surface area contributed by atoms with Gasteiger partial charge in [-0.2, -0.15) is 0 Å². The van der Waals surface area contributed by atoms with Crippen molar-refractivity contribution in [1.82, 2.24) is 19.8 Å². The maximum absolute atomic E-state index is 12.6. The second-order valence-electron chi connectivity index (χ2n) is 5.90. The Morgan fingerprint density at radius 1 is 1.16 bits per heavy atom. The van der Waals surface area contributed by atoms with Gasteiger partial charge < -0.3 is 15.1 Å². The minimum absolute atomic E-state index is 0.141. The Morgan fingerprint density at radius 2 is 1.88 bits per heavy atom. The number of hydrogen-bond donors (Lipinski definition) is 1. The number of aromatic nitrogens is 2. The van der Waals surface area contributed by atoms with Crippen LogP contribution in [0.4, 0.5) is 11.5 Å². The highest BCUT2D eigenvalue weighted by molar-refractivity contribution is 5.93. The van der Waals surface area contributed by atoms with Crippen LogP contribution in [0, 0.1) is 0 Å². The molecule has 1 saturated heterocycles. The Kier molecular flexibility index (Phi) is 5.23. The van der Waals surface area contributed by atoms with Crippen molar-refractivity contribution in [1.29, 1.82) is 0 Å². The molecule has 7 heteroatoms. The highest BCUT2D eigenvalue weighted by Gasteiger charge is 2.22.